The molecule has 1 aromatic rings. The largest absolute Gasteiger partial charge is 0.491 e. The van der Waals surface area contributed by atoms with Crippen LogP contribution in [0.15, 0.2) is 24.3 Å². The van der Waals surface area contributed by atoms with Crippen molar-refractivity contribution in [2.75, 3.05) is 6.54 Å². The van der Waals surface area contributed by atoms with Crippen molar-refractivity contribution in [1.29, 1.82) is 0 Å². The first-order valence-corrected chi connectivity index (χ1v) is 8.02. The van der Waals surface area contributed by atoms with Crippen LogP contribution in [0.1, 0.15) is 32.8 Å². The molecule has 0 bridgehead atoms. The van der Waals surface area contributed by atoms with E-state index < -0.39 is 0 Å². The number of carbonyl (C=O) groups is 2. The van der Waals surface area contributed by atoms with Gasteiger partial charge in [-0.2, -0.15) is 0 Å². The number of hydrogen-bond donors (Lipinski definition) is 0. The Labute approximate surface area is 129 Å². The van der Waals surface area contributed by atoms with E-state index in [0.29, 0.717) is 19.5 Å². The van der Waals surface area contributed by atoms with Crippen LogP contribution in [0.2, 0.25) is 0 Å². The number of nitrogens with zero attached hydrogens (tertiary/aromatic N) is 1. The second-order valence-electron chi connectivity index (χ2n) is 5.52. The summed E-state index contributed by atoms with van der Waals surface area (Å²) in [6.45, 7) is 6.73. The average Bonchev–Trinajstić information content (AvgIpc) is 2.68. The zero-order valence-corrected chi connectivity index (χ0v) is 13.5. The summed E-state index contributed by atoms with van der Waals surface area (Å²) < 4.78 is 5.67. The Kier molecular flexibility index (Phi) is 5.28. The van der Waals surface area contributed by atoms with Gasteiger partial charge in [-0.05, 0) is 31.5 Å². The molecule has 4 nitrogen and oxygen atoms in total. The highest BCUT2D eigenvalue weighted by Crippen LogP contribution is 2.26. The van der Waals surface area contributed by atoms with Crippen LogP contribution in [0.4, 0.5) is 0 Å². The minimum absolute atomic E-state index is 0.0713. The van der Waals surface area contributed by atoms with Gasteiger partial charge in [-0.25, -0.2) is 0 Å². The molecule has 1 unspecified atom stereocenters. The summed E-state index contributed by atoms with van der Waals surface area (Å²) in [7, 11) is 0. The van der Waals surface area contributed by atoms with Crippen LogP contribution in [-0.4, -0.2) is 33.8 Å². The molecule has 0 radical (unpaired) electrons. The zero-order valence-electron chi connectivity index (χ0n) is 12.7. The molecule has 1 amide bonds. The van der Waals surface area contributed by atoms with Crippen LogP contribution in [-0.2, 0) is 16.1 Å². The van der Waals surface area contributed by atoms with E-state index in [4.69, 9.17) is 4.74 Å². The number of ether oxygens (including phenoxy) is 1. The highest BCUT2D eigenvalue weighted by molar-refractivity contribution is 8.14. The van der Waals surface area contributed by atoms with Crippen LogP contribution in [0, 0.1) is 0 Å². The van der Waals surface area contributed by atoms with Gasteiger partial charge in [0.05, 0.1) is 6.10 Å². The van der Waals surface area contributed by atoms with Crippen LogP contribution in [0.3, 0.4) is 0 Å². The fraction of sp³-hybridized carbons (Fsp3) is 0.500. The van der Waals surface area contributed by atoms with E-state index in [1.54, 1.807) is 6.92 Å². The van der Waals surface area contributed by atoms with Gasteiger partial charge in [0.15, 0.2) is 5.12 Å². The van der Waals surface area contributed by atoms with Crippen LogP contribution in [0.25, 0.3) is 0 Å². The maximum atomic E-state index is 12.0. The van der Waals surface area contributed by atoms with E-state index in [-0.39, 0.29) is 22.4 Å². The normalized spacial score (nSPS) is 18.4. The molecule has 1 aliphatic heterocycles. The fourth-order valence-corrected chi connectivity index (χ4v) is 3.36. The van der Waals surface area contributed by atoms with Crippen LogP contribution in [0.5, 0.6) is 5.75 Å². The molecular formula is C16H21NO3S. The Morgan fingerprint density at radius 3 is 2.90 bits per heavy atom. The molecular weight excluding hydrogens is 286 g/mol. The first kappa shape index (κ1) is 15.9. The maximum absolute atomic E-state index is 12.0. The molecule has 0 aliphatic carbocycles. The lowest BCUT2D eigenvalue weighted by Gasteiger charge is -2.17. The van der Waals surface area contributed by atoms with E-state index in [1.165, 1.54) is 11.8 Å². The molecule has 1 heterocycles. The monoisotopic (exact) mass is 307 g/mol. The summed E-state index contributed by atoms with van der Waals surface area (Å²) in [5.41, 5.74) is 1.05. The van der Waals surface area contributed by atoms with Crippen molar-refractivity contribution in [3.63, 3.8) is 0 Å². The molecule has 21 heavy (non-hydrogen) atoms. The van der Waals surface area contributed by atoms with E-state index >= 15 is 0 Å². The van der Waals surface area contributed by atoms with Crippen LogP contribution < -0.4 is 4.74 Å². The molecule has 1 atom stereocenters. The second-order valence-corrected chi connectivity index (χ2v) is 7.00. The SMILES string of the molecule is CC(=O)SC1CC(=O)N(Cc2cccc(OC(C)C)c2)C1. The predicted molar refractivity (Wildman–Crippen MR) is 84.3 cm³/mol. The Hall–Kier alpha value is -1.49. The van der Waals surface area contributed by atoms with Gasteiger partial charge in [0, 0.05) is 31.7 Å². The lowest BCUT2D eigenvalue weighted by Crippen LogP contribution is -2.25. The fourth-order valence-electron chi connectivity index (χ4n) is 2.41. The summed E-state index contributed by atoms with van der Waals surface area (Å²) in [4.78, 5) is 25.0. The van der Waals surface area contributed by atoms with E-state index in [0.717, 1.165) is 11.3 Å². The standard InChI is InChI=1S/C16H21NO3S/c1-11(2)20-14-6-4-5-13(7-14)9-17-10-15(8-16(17)19)21-12(3)18/h4-7,11,15H,8-10H2,1-3H3. The molecule has 0 N–H and O–H groups in total. The number of thioether (sulfide) groups is 1. The molecule has 1 fully saturated rings. The summed E-state index contributed by atoms with van der Waals surface area (Å²) in [5, 5.41) is 0.159. The highest BCUT2D eigenvalue weighted by Gasteiger charge is 2.30. The van der Waals surface area contributed by atoms with Gasteiger partial charge in [0.25, 0.3) is 0 Å². The molecule has 1 aromatic carbocycles. The Bertz CT molecular complexity index is 530. The number of carbonyl (C=O) groups excluding carboxylic acids is 2. The molecule has 0 aromatic heterocycles. The molecule has 114 valence electrons. The summed E-state index contributed by atoms with van der Waals surface area (Å²) in [6.07, 6.45) is 0.580. The lowest BCUT2D eigenvalue weighted by molar-refractivity contribution is -0.128. The third-order valence-corrected chi connectivity index (χ3v) is 4.14. The second kappa shape index (κ2) is 6.98. The van der Waals surface area contributed by atoms with Crippen molar-refractivity contribution in [2.24, 2.45) is 0 Å². The van der Waals surface area contributed by atoms with E-state index in [2.05, 4.69) is 0 Å². The maximum Gasteiger partial charge on any atom is 0.224 e. The van der Waals surface area contributed by atoms with Crippen molar-refractivity contribution in [3.8, 4) is 5.75 Å². The zero-order chi connectivity index (χ0) is 15.4. The number of amides is 1. The Morgan fingerprint density at radius 1 is 1.48 bits per heavy atom. The van der Waals surface area contributed by atoms with Crippen molar-refractivity contribution in [3.05, 3.63) is 29.8 Å². The van der Waals surface area contributed by atoms with Crippen LogP contribution >= 0.6 is 11.8 Å². The topological polar surface area (TPSA) is 46.6 Å². The molecule has 0 spiro atoms. The van der Waals surface area contributed by atoms with Gasteiger partial charge < -0.3 is 9.64 Å². The minimum Gasteiger partial charge on any atom is -0.491 e. The molecule has 1 saturated heterocycles. The number of likely N-dealkylation sites (tertiary alicyclic amines) is 1. The van der Waals surface area contributed by atoms with E-state index in [1.807, 2.05) is 43.0 Å². The lowest BCUT2D eigenvalue weighted by atomic mass is 10.2. The van der Waals surface area contributed by atoms with Gasteiger partial charge in [-0.15, -0.1) is 0 Å². The van der Waals surface area contributed by atoms with Gasteiger partial charge >= 0.3 is 0 Å². The van der Waals surface area contributed by atoms with Crippen molar-refractivity contribution in [1.82, 2.24) is 4.90 Å². The molecule has 1 aliphatic rings. The van der Waals surface area contributed by atoms with Crippen molar-refractivity contribution >= 4 is 22.8 Å². The molecule has 5 heteroatoms. The summed E-state index contributed by atoms with van der Waals surface area (Å²) in [5.74, 6) is 0.938. The highest BCUT2D eigenvalue weighted by atomic mass is 32.2. The van der Waals surface area contributed by atoms with Gasteiger partial charge in [-0.3, -0.25) is 9.59 Å². The average molecular weight is 307 g/mol. The van der Waals surface area contributed by atoms with Crippen molar-refractivity contribution in [2.45, 2.75) is 45.1 Å². The number of hydrogen-bond acceptors (Lipinski definition) is 4. The van der Waals surface area contributed by atoms with Gasteiger partial charge in [0.1, 0.15) is 5.75 Å². The third kappa shape index (κ3) is 4.77. The number of rotatable bonds is 5. The van der Waals surface area contributed by atoms with Gasteiger partial charge in [-0.1, -0.05) is 23.9 Å². The first-order chi connectivity index (χ1) is 9.94. The quantitative estimate of drug-likeness (QED) is 0.839. The Morgan fingerprint density at radius 2 is 2.24 bits per heavy atom. The summed E-state index contributed by atoms with van der Waals surface area (Å²) >= 11 is 1.27. The van der Waals surface area contributed by atoms with E-state index in [9.17, 15) is 9.59 Å². The summed E-state index contributed by atoms with van der Waals surface area (Å²) in [6, 6.07) is 7.82. The Balaban J connectivity index is 1.98. The minimum atomic E-state index is 0.0713. The van der Waals surface area contributed by atoms with Gasteiger partial charge in [0.2, 0.25) is 5.91 Å². The first-order valence-electron chi connectivity index (χ1n) is 7.14. The number of benzene rings is 1. The predicted octanol–water partition coefficient (Wildman–Crippen LogP) is 2.85. The molecule has 2 rings (SSSR count). The smallest absolute Gasteiger partial charge is 0.224 e. The third-order valence-electron chi connectivity index (χ3n) is 3.16. The van der Waals surface area contributed by atoms with Crippen molar-refractivity contribution < 1.29 is 14.3 Å². The molecule has 0 saturated carbocycles.